The summed E-state index contributed by atoms with van der Waals surface area (Å²) in [6.45, 7) is 0.820. The molecule has 1 fully saturated rings. The van der Waals surface area contributed by atoms with Gasteiger partial charge in [-0.1, -0.05) is 30.3 Å². The number of benzene rings is 1. The van der Waals surface area contributed by atoms with Gasteiger partial charge in [-0.2, -0.15) is 13.2 Å². The van der Waals surface area contributed by atoms with Crippen molar-refractivity contribution in [3.63, 3.8) is 0 Å². The summed E-state index contributed by atoms with van der Waals surface area (Å²) in [4.78, 5) is 0. The highest BCUT2D eigenvalue weighted by molar-refractivity contribution is 5.14. The third-order valence-corrected chi connectivity index (χ3v) is 4.41. The van der Waals surface area contributed by atoms with Crippen LogP contribution in [0.2, 0.25) is 0 Å². The molecular weight excluding hydrogens is 307 g/mol. The molecule has 0 atom stereocenters. The number of nitrogens with one attached hydrogen (secondary N) is 1. The van der Waals surface area contributed by atoms with Gasteiger partial charge >= 0.3 is 6.18 Å². The lowest BCUT2D eigenvalue weighted by Gasteiger charge is -2.41. The molecular formula is C17H24F3NO2. The average Bonchev–Trinajstić information content (AvgIpc) is 2.54. The van der Waals surface area contributed by atoms with Crippen LogP contribution in [0.3, 0.4) is 0 Å². The van der Waals surface area contributed by atoms with Crippen LogP contribution in [-0.2, 0) is 16.0 Å². The summed E-state index contributed by atoms with van der Waals surface area (Å²) in [6.07, 6.45) is -3.44. The van der Waals surface area contributed by atoms with E-state index in [1.165, 1.54) is 7.11 Å². The lowest BCUT2D eigenvalue weighted by Crippen LogP contribution is -2.52. The van der Waals surface area contributed by atoms with E-state index in [2.05, 4.69) is 5.32 Å². The van der Waals surface area contributed by atoms with E-state index in [0.29, 0.717) is 19.4 Å². The SMILES string of the molecule is COCCOC1(C(F)(F)F)CCC(NCc2ccccc2)CC1. The van der Waals surface area contributed by atoms with Crippen molar-refractivity contribution >= 4 is 0 Å². The van der Waals surface area contributed by atoms with Crippen LogP contribution in [0.4, 0.5) is 13.2 Å². The second-order valence-electron chi connectivity index (χ2n) is 5.97. The van der Waals surface area contributed by atoms with Gasteiger partial charge < -0.3 is 14.8 Å². The van der Waals surface area contributed by atoms with E-state index < -0.39 is 11.8 Å². The van der Waals surface area contributed by atoms with E-state index in [1.54, 1.807) is 0 Å². The van der Waals surface area contributed by atoms with Crippen molar-refractivity contribution < 1.29 is 22.6 Å². The lowest BCUT2D eigenvalue weighted by atomic mass is 9.81. The van der Waals surface area contributed by atoms with Crippen molar-refractivity contribution in [3.8, 4) is 0 Å². The smallest absolute Gasteiger partial charge is 0.382 e. The Morgan fingerprint density at radius 1 is 1.13 bits per heavy atom. The molecule has 0 bridgehead atoms. The van der Waals surface area contributed by atoms with E-state index in [9.17, 15) is 13.2 Å². The Kier molecular flexibility index (Phi) is 6.44. The minimum Gasteiger partial charge on any atom is -0.382 e. The van der Waals surface area contributed by atoms with E-state index in [-0.39, 0.29) is 32.1 Å². The molecule has 130 valence electrons. The van der Waals surface area contributed by atoms with Crippen molar-refractivity contribution in [1.29, 1.82) is 0 Å². The number of rotatable bonds is 7. The molecule has 1 aromatic rings. The third kappa shape index (κ3) is 4.93. The molecule has 0 heterocycles. The summed E-state index contributed by atoms with van der Waals surface area (Å²) in [6, 6.07) is 9.95. The molecule has 0 saturated heterocycles. The first-order valence-electron chi connectivity index (χ1n) is 7.94. The van der Waals surface area contributed by atoms with Crippen molar-refractivity contribution in [1.82, 2.24) is 5.32 Å². The molecule has 0 unspecified atom stereocenters. The van der Waals surface area contributed by atoms with E-state index in [4.69, 9.17) is 9.47 Å². The Hall–Kier alpha value is -1.11. The van der Waals surface area contributed by atoms with Crippen LogP contribution in [0.25, 0.3) is 0 Å². The highest BCUT2D eigenvalue weighted by atomic mass is 19.4. The van der Waals surface area contributed by atoms with E-state index >= 15 is 0 Å². The minimum atomic E-state index is -4.34. The topological polar surface area (TPSA) is 30.5 Å². The first kappa shape index (κ1) is 18.2. The first-order chi connectivity index (χ1) is 11.0. The highest BCUT2D eigenvalue weighted by Crippen LogP contribution is 2.44. The lowest BCUT2D eigenvalue weighted by molar-refractivity contribution is -0.290. The second-order valence-corrected chi connectivity index (χ2v) is 5.97. The highest BCUT2D eigenvalue weighted by Gasteiger charge is 2.56. The molecule has 1 saturated carbocycles. The fourth-order valence-corrected chi connectivity index (χ4v) is 2.98. The molecule has 0 aromatic heterocycles. The van der Waals surface area contributed by atoms with Gasteiger partial charge in [0, 0.05) is 19.7 Å². The van der Waals surface area contributed by atoms with Crippen LogP contribution in [0.15, 0.2) is 30.3 Å². The second kappa shape index (κ2) is 8.13. The zero-order chi connectivity index (χ0) is 16.8. The van der Waals surface area contributed by atoms with Crippen LogP contribution in [0.1, 0.15) is 31.2 Å². The zero-order valence-electron chi connectivity index (χ0n) is 13.4. The van der Waals surface area contributed by atoms with Crippen molar-refractivity contribution in [2.24, 2.45) is 0 Å². The monoisotopic (exact) mass is 331 g/mol. The maximum atomic E-state index is 13.4. The van der Waals surface area contributed by atoms with Crippen molar-refractivity contribution in [2.75, 3.05) is 20.3 Å². The average molecular weight is 331 g/mol. The van der Waals surface area contributed by atoms with Crippen LogP contribution in [-0.4, -0.2) is 38.1 Å². The Bertz CT molecular complexity index is 457. The predicted molar refractivity (Wildman–Crippen MR) is 82.2 cm³/mol. The summed E-state index contributed by atoms with van der Waals surface area (Å²) in [5, 5.41) is 3.35. The van der Waals surface area contributed by atoms with E-state index in [0.717, 1.165) is 5.56 Å². The largest absolute Gasteiger partial charge is 0.417 e. The molecule has 6 heteroatoms. The van der Waals surface area contributed by atoms with Gasteiger partial charge in [-0.3, -0.25) is 0 Å². The standard InChI is InChI=1S/C17H24F3NO2/c1-22-11-12-23-16(17(18,19)20)9-7-15(8-10-16)21-13-14-5-3-2-4-6-14/h2-6,15,21H,7-13H2,1H3. The van der Waals surface area contributed by atoms with Crippen molar-refractivity contribution in [3.05, 3.63) is 35.9 Å². The summed E-state index contributed by atoms with van der Waals surface area (Å²) in [7, 11) is 1.45. The van der Waals surface area contributed by atoms with Crippen LogP contribution < -0.4 is 5.32 Å². The van der Waals surface area contributed by atoms with Crippen LogP contribution in [0, 0.1) is 0 Å². The first-order valence-corrected chi connectivity index (χ1v) is 7.94. The molecule has 23 heavy (non-hydrogen) atoms. The van der Waals surface area contributed by atoms with Gasteiger partial charge in [0.1, 0.15) is 0 Å². The molecule has 1 aliphatic carbocycles. The number of ether oxygens (including phenoxy) is 2. The molecule has 2 rings (SSSR count). The third-order valence-electron chi connectivity index (χ3n) is 4.41. The Labute approximate surface area is 135 Å². The maximum absolute atomic E-state index is 13.4. The molecule has 0 spiro atoms. The number of alkyl halides is 3. The minimum absolute atomic E-state index is 0.00727. The molecule has 0 amide bonds. The molecule has 1 N–H and O–H groups in total. The summed E-state index contributed by atoms with van der Waals surface area (Å²) >= 11 is 0. The Morgan fingerprint density at radius 2 is 1.78 bits per heavy atom. The summed E-state index contributed by atoms with van der Waals surface area (Å²) < 4.78 is 50.2. The molecule has 0 radical (unpaired) electrons. The molecule has 0 aliphatic heterocycles. The van der Waals surface area contributed by atoms with Gasteiger partial charge in [0.15, 0.2) is 5.60 Å². The Morgan fingerprint density at radius 3 is 2.35 bits per heavy atom. The number of methoxy groups -OCH3 is 1. The summed E-state index contributed by atoms with van der Waals surface area (Å²) in [5.41, 5.74) is -0.882. The molecule has 1 aromatic carbocycles. The number of hydrogen-bond donors (Lipinski definition) is 1. The van der Waals surface area contributed by atoms with Gasteiger partial charge in [-0.15, -0.1) is 0 Å². The van der Waals surface area contributed by atoms with Gasteiger partial charge in [0.2, 0.25) is 0 Å². The zero-order valence-corrected chi connectivity index (χ0v) is 13.4. The number of halogens is 3. The molecule has 1 aliphatic rings. The van der Waals surface area contributed by atoms with Gasteiger partial charge in [0.25, 0.3) is 0 Å². The Balaban J connectivity index is 1.86. The van der Waals surface area contributed by atoms with E-state index in [1.807, 2.05) is 30.3 Å². The van der Waals surface area contributed by atoms with Crippen LogP contribution in [0.5, 0.6) is 0 Å². The van der Waals surface area contributed by atoms with Crippen molar-refractivity contribution in [2.45, 2.75) is 50.0 Å². The number of hydrogen-bond acceptors (Lipinski definition) is 3. The quantitative estimate of drug-likeness (QED) is 0.773. The fourth-order valence-electron chi connectivity index (χ4n) is 2.98. The summed E-state index contributed by atoms with van der Waals surface area (Å²) in [5.74, 6) is 0. The van der Waals surface area contributed by atoms with Gasteiger partial charge in [0.05, 0.1) is 13.2 Å². The fraction of sp³-hybridized carbons (Fsp3) is 0.647. The van der Waals surface area contributed by atoms with Crippen LogP contribution >= 0.6 is 0 Å². The normalized spacial score (nSPS) is 25.5. The predicted octanol–water partition coefficient (Wildman–Crippen LogP) is 3.68. The van der Waals surface area contributed by atoms with Gasteiger partial charge in [-0.25, -0.2) is 0 Å². The maximum Gasteiger partial charge on any atom is 0.417 e. The van der Waals surface area contributed by atoms with Gasteiger partial charge in [-0.05, 0) is 31.2 Å². The molecule has 3 nitrogen and oxygen atoms in total.